The van der Waals surface area contributed by atoms with Gasteiger partial charge < -0.3 is 10.4 Å². The Bertz CT molecular complexity index is 208. The molecule has 84 valence electrons. The van der Waals surface area contributed by atoms with E-state index in [9.17, 15) is 9.00 Å². The highest BCUT2D eigenvalue weighted by Crippen LogP contribution is 1.97. The van der Waals surface area contributed by atoms with Crippen molar-refractivity contribution in [2.75, 3.05) is 12.0 Å². The van der Waals surface area contributed by atoms with Gasteiger partial charge in [0.25, 0.3) is 0 Å². The first kappa shape index (κ1) is 13.6. The van der Waals surface area contributed by atoms with Gasteiger partial charge in [0.2, 0.25) is 0 Å². The van der Waals surface area contributed by atoms with Crippen molar-refractivity contribution in [3.63, 3.8) is 0 Å². The van der Waals surface area contributed by atoms with Crippen molar-refractivity contribution in [1.29, 1.82) is 0 Å². The van der Waals surface area contributed by atoms with E-state index in [2.05, 4.69) is 5.32 Å². The van der Waals surface area contributed by atoms with E-state index in [1.807, 2.05) is 13.8 Å². The molecule has 0 aromatic carbocycles. The second kappa shape index (κ2) is 6.95. The first-order chi connectivity index (χ1) is 6.41. The van der Waals surface area contributed by atoms with Gasteiger partial charge in [-0.25, -0.2) is 0 Å². The molecule has 5 heteroatoms. The molecule has 0 aliphatic heterocycles. The second-order valence-corrected chi connectivity index (χ2v) is 5.19. The maximum atomic E-state index is 10.8. The summed E-state index contributed by atoms with van der Waals surface area (Å²) < 4.78 is 10.8. The third-order valence-corrected chi connectivity index (χ3v) is 2.70. The number of nitrogens with one attached hydrogen (secondary N) is 1. The molecule has 14 heavy (non-hydrogen) atoms. The summed E-state index contributed by atoms with van der Waals surface area (Å²) in [6.45, 7) is 3.82. The van der Waals surface area contributed by atoms with Crippen LogP contribution in [0.25, 0.3) is 0 Å². The van der Waals surface area contributed by atoms with Crippen molar-refractivity contribution in [2.45, 2.75) is 38.8 Å². The van der Waals surface area contributed by atoms with E-state index in [-0.39, 0.29) is 18.5 Å². The highest BCUT2D eigenvalue weighted by molar-refractivity contribution is 7.84. The summed E-state index contributed by atoms with van der Waals surface area (Å²) in [5.74, 6) is -0.134. The van der Waals surface area contributed by atoms with Crippen molar-refractivity contribution in [3.8, 4) is 0 Å². The predicted octanol–water partition coefficient (Wildman–Crippen LogP) is 0.596. The summed E-state index contributed by atoms with van der Waals surface area (Å²) in [7, 11) is -0.768. The highest BCUT2D eigenvalue weighted by atomic mass is 32.2. The van der Waals surface area contributed by atoms with E-state index in [0.717, 1.165) is 6.42 Å². The molecule has 0 fully saturated rings. The first-order valence-electron chi connectivity index (χ1n) is 4.69. The van der Waals surface area contributed by atoms with Gasteiger partial charge in [-0.2, -0.15) is 0 Å². The van der Waals surface area contributed by atoms with E-state index in [4.69, 9.17) is 5.11 Å². The van der Waals surface area contributed by atoms with Crippen LogP contribution in [0.15, 0.2) is 0 Å². The van der Waals surface area contributed by atoms with Crippen LogP contribution in [0.3, 0.4) is 0 Å². The third kappa shape index (κ3) is 8.19. The summed E-state index contributed by atoms with van der Waals surface area (Å²) in [5, 5.41) is 11.7. The van der Waals surface area contributed by atoms with Crippen molar-refractivity contribution < 1.29 is 14.1 Å². The van der Waals surface area contributed by atoms with Gasteiger partial charge in [-0.1, -0.05) is 0 Å². The van der Waals surface area contributed by atoms with Crippen molar-refractivity contribution in [1.82, 2.24) is 5.32 Å². The van der Waals surface area contributed by atoms with Crippen molar-refractivity contribution in [3.05, 3.63) is 0 Å². The Kier molecular flexibility index (Phi) is 6.74. The zero-order valence-corrected chi connectivity index (χ0v) is 9.76. The molecule has 0 aliphatic rings. The van der Waals surface area contributed by atoms with Gasteiger partial charge in [0, 0.05) is 34.9 Å². The Morgan fingerprint density at radius 1 is 1.43 bits per heavy atom. The van der Waals surface area contributed by atoms with Crippen molar-refractivity contribution in [2.24, 2.45) is 0 Å². The zero-order valence-electron chi connectivity index (χ0n) is 8.95. The summed E-state index contributed by atoms with van der Waals surface area (Å²) in [6, 6.07) is 0.182. The van der Waals surface area contributed by atoms with E-state index >= 15 is 0 Å². The summed E-state index contributed by atoms with van der Waals surface area (Å²) in [5.41, 5.74) is 0. The molecule has 0 amide bonds. The fraction of sp³-hybridized carbons (Fsp3) is 0.889. The zero-order chi connectivity index (χ0) is 11.1. The van der Waals surface area contributed by atoms with E-state index in [1.165, 1.54) is 0 Å². The van der Waals surface area contributed by atoms with E-state index in [0.29, 0.717) is 5.75 Å². The van der Waals surface area contributed by atoms with Crippen LogP contribution in [0.1, 0.15) is 26.7 Å². The average molecular weight is 221 g/mol. The number of aliphatic carboxylic acids is 1. The van der Waals surface area contributed by atoms with Crippen LogP contribution in [-0.2, 0) is 15.6 Å². The highest BCUT2D eigenvalue weighted by Gasteiger charge is 2.10. The summed E-state index contributed by atoms with van der Waals surface area (Å²) in [4.78, 5) is 10.4. The third-order valence-electron chi connectivity index (χ3n) is 1.89. The Morgan fingerprint density at radius 2 is 2.00 bits per heavy atom. The van der Waals surface area contributed by atoms with Gasteiger partial charge in [0.15, 0.2) is 0 Å². The lowest BCUT2D eigenvalue weighted by Crippen LogP contribution is -2.36. The predicted molar refractivity (Wildman–Crippen MR) is 57.9 cm³/mol. The smallest absolute Gasteiger partial charge is 0.304 e. The van der Waals surface area contributed by atoms with E-state index in [1.54, 1.807) is 6.26 Å². The van der Waals surface area contributed by atoms with E-state index < -0.39 is 16.8 Å². The number of hydrogen-bond acceptors (Lipinski definition) is 3. The van der Waals surface area contributed by atoms with Gasteiger partial charge in [-0.15, -0.1) is 0 Å². The van der Waals surface area contributed by atoms with Gasteiger partial charge in [0.1, 0.15) is 0 Å². The fourth-order valence-corrected chi connectivity index (χ4v) is 1.92. The molecular weight excluding hydrogens is 202 g/mol. The molecule has 0 spiro atoms. The average Bonchev–Trinajstić information content (AvgIpc) is 1.98. The topological polar surface area (TPSA) is 66.4 Å². The summed E-state index contributed by atoms with van der Waals surface area (Å²) >= 11 is 0. The molecule has 0 rings (SSSR count). The molecule has 3 unspecified atom stereocenters. The van der Waals surface area contributed by atoms with Gasteiger partial charge >= 0.3 is 5.97 Å². The Labute approximate surface area is 87.5 Å². The van der Waals surface area contributed by atoms with Crippen LogP contribution in [-0.4, -0.2) is 39.4 Å². The molecule has 0 aliphatic carbocycles. The van der Waals surface area contributed by atoms with Crippen LogP contribution in [0.5, 0.6) is 0 Å². The molecule has 0 saturated heterocycles. The Balaban J connectivity index is 3.65. The van der Waals surface area contributed by atoms with Gasteiger partial charge in [0.05, 0.1) is 6.42 Å². The van der Waals surface area contributed by atoms with Crippen LogP contribution in [0, 0.1) is 0 Å². The SMILES string of the molecule is CC(CCS(C)=O)NC(C)CC(=O)O. The molecule has 0 radical (unpaired) electrons. The standard InChI is InChI=1S/C9H19NO3S/c1-7(4-5-14(3)13)10-8(2)6-9(11)12/h7-8,10H,4-6H2,1-3H3,(H,11,12). The van der Waals surface area contributed by atoms with Crippen LogP contribution < -0.4 is 5.32 Å². The van der Waals surface area contributed by atoms with Crippen LogP contribution in [0.4, 0.5) is 0 Å². The molecule has 4 nitrogen and oxygen atoms in total. The quantitative estimate of drug-likeness (QED) is 0.660. The minimum absolute atomic E-state index is 0.0345. The minimum Gasteiger partial charge on any atom is -0.481 e. The molecule has 0 saturated carbocycles. The normalized spacial score (nSPS) is 17.4. The molecule has 0 aromatic heterocycles. The number of carboxylic acids is 1. The maximum Gasteiger partial charge on any atom is 0.304 e. The van der Waals surface area contributed by atoms with Crippen LogP contribution in [0.2, 0.25) is 0 Å². The minimum atomic E-state index is -0.795. The largest absolute Gasteiger partial charge is 0.481 e. The molecule has 0 aromatic rings. The number of carbonyl (C=O) groups is 1. The maximum absolute atomic E-state index is 10.8. The Morgan fingerprint density at radius 3 is 2.43 bits per heavy atom. The lowest BCUT2D eigenvalue weighted by atomic mass is 10.2. The van der Waals surface area contributed by atoms with Crippen molar-refractivity contribution >= 4 is 16.8 Å². The van der Waals surface area contributed by atoms with Gasteiger partial charge in [-0.3, -0.25) is 9.00 Å². The number of rotatable bonds is 7. The lowest BCUT2D eigenvalue weighted by molar-refractivity contribution is -0.137. The first-order valence-corrected chi connectivity index (χ1v) is 6.42. The monoisotopic (exact) mass is 221 g/mol. The second-order valence-electron chi connectivity index (χ2n) is 3.63. The molecule has 0 heterocycles. The van der Waals surface area contributed by atoms with Gasteiger partial charge in [-0.05, 0) is 20.3 Å². The molecule has 0 bridgehead atoms. The molecule has 2 N–H and O–H groups in total. The lowest BCUT2D eigenvalue weighted by Gasteiger charge is -2.18. The number of hydrogen-bond donors (Lipinski definition) is 2. The fourth-order valence-electron chi connectivity index (χ4n) is 1.23. The number of carboxylic acid groups (broad SMARTS) is 1. The van der Waals surface area contributed by atoms with Crippen LogP contribution >= 0.6 is 0 Å². The summed E-state index contributed by atoms with van der Waals surface area (Å²) in [6.07, 6.45) is 2.61. The Hall–Kier alpha value is -0.420. The molecule has 3 atom stereocenters. The molecular formula is C9H19NO3S.